The van der Waals surface area contributed by atoms with Gasteiger partial charge in [-0.15, -0.1) is 0 Å². The van der Waals surface area contributed by atoms with E-state index in [0.717, 1.165) is 23.4 Å². The number of nitrogens with zero attached hydrogens (tertiary/aromatic N) is 2. The van der Waals surface area contributed by atoms with Gasteiger partial charge >= 0.3 is 0 Å². The van der Waals surface area contributed by atoms with E-state index in [1.165, 1.54) is 11.8 Å². The number of rotatable bonds is 3. The van der Waals surface area contributed by atoms with Crippen molar-refractivity contribution in [2.75, 3.05) is 28.2 Å². The molecule has 1 unspecified atom stereocenters. The summed E-state index contributed by atoms with van der Waals surface area (Å²) in [6.07, 6.45) is 0.712. The van der Waals surface area contributed by atoms with E-state index >= 15 is 0 Å². The first-order chi connectivity index (χ1) is 13.8. The second-order valence-corrected chi connectivity index (χ2v) is 7.25. The maximum atomic E-state index is 13.8. The first-order valence-corrected chi connectivity index (χ1v) is 9.31. The van der Waals surface area contributed by atoms with Gasteiger partial charge in [0.25, 0.3) is 0 Å². The molecular weight excluding hydrogens is 380 g/mol. The lowest BCUT2D eigenvalue weighted by Crippen LogP contribution is -2.28. The van der Waals surface area contributed by atoms with Crippen LogP contribution in [0.4, 0.5) is 25.8 Å². The first kappa shape index (κ1) is 19.0. The minimum Gasteiger partial charge on any atom is -0.323 e. The summed E-state index contributed by atoms with van der Waals surface area (Å²) < 4.78 is 26.8. The van der Waals surface area contributed by atoms with Gasteiger partial charge in [-0.2, -0.15) is 0 Å². The molecule has 0 aromatic heterocycles. The Balaban J connectivity index is 1.48. The highest BCUT2D eigenvalue weighted by atomic mass is 19.1. The van der Waals surface area contributed by atoms with E-state index in [1.807, 2.05) is 12.1 Å². The van der Waals surface area contributed by atoms with Crippen LogP contribution >= 0.6 is 0 Å². The van der Waals surface area contributed by atoms with Crippen molar-refractivity contribution in [3.63, 3.8) is 0 Å². The zero-order valence-electron chi connectivity index (χ0n) is 15.7. The molecule has 0 radical (unpaired) electrons. The number of hydrogen-bond donors (Lipinski definition) is 1. The summed E-state index contributed by atoms with van der Waals surface area (Å²) in [4.78, 5) is 39.9. The number of benzene rings is 2. The molecule has 150 valence electrons. The van der Waals surface area contributed by atoms with Gasteiger partial charge in [0, 0.05) is 43.9 Å². The molecule has 2 aromatic carbocycles. The highest BCUT2D eigenvalue weighted by molar-refractivity contribution is 6.04. The van der Waals surface area contributed by atoms with Gasteiger partial charge in [-0.25, -0.2) is 8.78 Å². The average Bonchev–Trinajstić information content (AvgIpc) is 3.27. The van der Waals surface area contributed by atoms with E-state index in [-0.39, 0.29) is 30.5 Å². The molecule has 1 N–H and O–H groups in total. The summed E-state index contributed by atoms with van der Waals surface area (Å²) in [7, 11) is 0. The zero-order chi connectivity index (χ0) is 20.7. The number of halogens is 2. The van der Waals surface area contributed by atoms with Crippen molar-refractivity contribution in [2.24, 2.45) is 5.92 Å². The third kappa shape index (κ3) is 3.57. The molecule has 3 amide bonds. The van der Waals surface area contributed by atoms with Crippen LogP contribution in [0, 0.1) is 17.6 Å². The van der Waals surface area contributed by atoms with Crippen molar-refractivity contribution in [1.29, 1.82) is 0 Å². The van der Waals surface area contributed by atoms with Crippen molar-refractivity contribution in [3.05, 3.63) is 53.6 Å². The maximum absolute atomic E-state index is 13.8. The fourth-order valence-corrected chi connectivity index (χ4v) is 3.84. The molecule has 0 bridgehead atoms. The molecule has 6 nitrogen and oxygen atoms in total. The Hall–Kier alpha value is -3.29. The predicted molar refractivity (Wildman–Crippen MR) is 104 cm³/mol. The lowest BCUT2D eigenvalue weighted by Gasteiger charge is -2.19. The van der Waals surface area contributed by atoms with E-state index < -0.39 is 23.5 Å². The molecule has 1 atom stereocenters. The van der Waals surface area contributed by atoms with Crippen molar-refractivity contribution in [1.82, 2.24) is 0 Å². The van der Waals surface area contributed by atoms with Crippen molar-refractivity contribution in [2.45, 2.75) is 19.8 Å². The summed E-state index contributed by atoms with van der Waals surface area (Å²) in [5, 5.41) is 2.43. The largest absolute Gasteiger partial charge is 0.323 e. The predicted octanol–water partition coefficient (Wildman–Crippen LogP) is 2.87. The molecular formula is C21H19F2N3O3. The number of nitrogens with one attached hydrogen (secondary N) is 1. The highest BCUT2D eigenvalue weighted by Gasteiger charge is 2.36. The van der Waals surface area contributed by atoms with Crippen LogP contribution in [0.2, 0.25) is 0 Å². The van der Waals surface area contributed by atoms with Crippen molar-refractivity contribution < 1.29 is 23.2 Å². The molecule has 0 saturated carbocycles. The van der Waals surface area contributed by atoms with E-state index in [1.54, 1.807) is 11.0 Å². The van der Waals surface area contributed by atoms with Gasteiger partial charge in [0.1, 0.15) is 11.6 Å². The Morgan fingerprint density at radius 1 is 1.14 bits per heavy atom. The second kappa shape index (κ2) is 7.27. The molecule has 2 heterocycles. The molecule has 2 aromatic rings. The minimum absolute atomic E-state index is 0.00526. The van der Waals surface area contributed by atoms with Crippen LogP contribution in [0.3, 0.4) is 0 Å². The van der Waals surface area contributed by atoms with Gasteiger partial charge in [0.15, 0.2) is 0 Å². The quantitative estimate of drug-likeness (QED) is 0.863. The third-order valence-corrected chi connectivity index (χ3v) is 5.34. The minimum atomic E-state index is -0.867. The molecule has 2 aliphatic rings. The van der Waals surface area contributed by atoms with Crippen molar-refractivity contribution in [3.8, 4) is 0 Å². The van der Waals surface area contributed by atoms with Crippen LogP contribution in [-0.4, -0.2) is 30.8 Å². The summed E-state index contributed by atoms with van der Waals surface area (Å²) in [6, 6.07) is 8.34. The van der Waals surface area contributed by atoms with E-state index in [0.29, 0.717) is 24.7 Å². The molecule has 2 aliphatic heterocycles. The summed E-state index contributed by atoms with van der Waals surface area (Å²) in [5.74, 6) is -2.97. The Morgan fingerprint density at radius 3 is 2.66 bits per heavy atom. The molecule has 29 heavy (non-hydrogen) atoms. The number of amides is 3. The fourth-order valence-electron chi connectivity index (χ4n) is 3.84. The van der Waals surface area contributed by atoms with Gasteiger partial charge < -0.3 is 15.1 Å². The SMILES string of the molecule is CC(=O)N1CCc2cc(N3CC(C(=O)Nc4ccc(F)cc4F)CC3=O)ccc21. The fraction of sp³-hybridized carbons (Fsp3) is 0.286. The zero-order valence-corrected chi connectivity index (χ0v) is 15.7. The van der Waals surface area contributed by atoms with Gasteiger partial charge in [0.05, 0.1) is 11.6 Å². The first-order valence-electron chi connectivity index (χ1n) is 9.31. The van der Waals surface area contributed by atoms with Crippen LogP contribution in [0.1, 0.15) is 18.9 Å². The Labute approximate surface area is 166 Å². The summed E-state index contributed by atoms with van der Waals surface area (Å²) in [6.45, 7) is 2.29. The molecule has 1 saturated heterocycles. The average molecular weight is 399 g/mol. The standard InChI is InChI=1S/C21H19F2N3O3/c1-12(27)25-7-6-13-8-16(3-5-19(13)25)26-11-14(9-20(26)28)21(29)24-18-4-2-15(22)10-17(18)23/h2-5,8,10,14H,6-7,9,11H2,1H3,(H,24,29). The lowest BCUT2D eigenvalue weighted by molar-refractivity contribution is -0.122. The molecule has 0 aliphatic carbocycles. The molecule has 4 rings (SSSR count). The number of anilines is 3. The van der Waals surface area contributed by atoms with Crippen LogP contribution in [0.15, 0.2) is 36.4 Å². The topological polar surface area (TPSA) is 69.7 Å². The number of hydrogen-bond acceptors (Lipinski definition) is 3. The summed E-state index contributed by atoms with van der Waals surface area (Å²) in [5.41, 5.74) is 2.37. The van der Waals surface area contributed by atoms with E-state index in [2.05, 4.69) is 5.32 Å². The number of carbonyl (C=O) groups excluding carboxylic acids is 3. The Kier molecular flexibility index (Phi) is 4.77. The third-order valence-electron chi connectivity index (χ3n) is 5.34. The number of fused-ring (bicyclic) bond motifs is 1. The highest BCUT2D eigenvalue weighted by Crippen LogP contribution is 2.34. The maximum Gasteiger partial charge on any atom is 0.229 e. The van der Waals surface area contributed by atoms with Gasteiger partial charge in [-0.1, -0.05) is 0 Å². The van der Waals surface area contributed by atoms with Crippen LogP contribution < -0.4 is 15.1 Å². The Morgan fingerprint density at radius 2 is 1.93 bits per heavy atom. The lowest BCUT2D eigenvalue weighted by atomic mass is 10.1. The van der Waals surface area contributed by atoms with E-state index in [4.69, 9.17) is 0 Å². The number of carbonyl (C=O) groups is 3. The smallest absolute Gasteiger partial charge is 0.229 e. The van der Waals surface area contributed by atoms with Crippen LogP contribution in [0.25, 0.3) is 0 Å². The van der Waals surface area contributed by atoms with Gasteiger partial charge in [-0.05, 0) is 42.3 Å². The molecule has 0 spiro atoms. The Bertz CT molecular complexity index is 1020. The van der Waals surface area contributed by atoms with Gasteiger partial charge in [-0.3, -0.25) is 14.4 Å². The second-order valence-electron chi connectivity index (χ2n) is 7.25. The summed E-state index contributed by atoms with van der Waals surface area (Å²) >= 11 is 0. The molecule has 8 heteroatoms. The van der Waals surface area contributed by atoms with Gasteiger partial charge in [0.2, 0.25) is 17.7 Å². The molecule has 1 fully saturated rings. The monoisotopic (exact) mass is 399 g/mol. The van der Waals surface area contributed by atoms with E-state index in [9.17, 15) is 23.2 Å². The van der Waals surface area contributed by atoms with Crippen molar-refractivity contribution >= 4 is 34.8 Å². The van der Waals surface area contributed by atoms with Crippen LogP contribution in [0.5, 0.6) is 0 Å². The normalized spacial score (nSPS) is 18.2. The van der Waals surface area contributed by atoms with Crippen LogP contribution in [-0.2, 0) is 20.8 Å².